The van der Waals surface area contributed by atoms with Gasteiger partial charge >= 0.3 is 0 Å². The van der Waals surface area contributed by atoms with Crippen molar-refractivity contribution in [1.29, 1.82) is 0 Å². The molecule has 1 aromatic carbocycles. The summed E-state index contributed by atoms with van der Waals surface area (Å²) in [7, 11) is 0. The third kappa shape index (κ3) is 3.18. The molecule has 1 aromatic rings. The van der Waals surface area contributed by atoms with E-state index in [4.69, 9.17) is 4.74 Å². The highest BCUT2D eigenvalue weighted by Gasteiger charge is 2.32. The van der Waals surface area contributed by atoms with E-state index in [-0.39, 0.29) is 24.2 Å². The summed E-state index contributed by atoms with van der Waals surface area (Å²) in [5.41, 5.74) is 2.78. The Labute approximate surface area is 133 Å². The minimum atomic E-state index is -0.0640. The molecule has 3 atom stereocenters. The number of fused-ring (bicyclic) bond motifs is 1. The summed E-state index contributed by atoms with van der Waals surface area (Å²) in [5, 5.41) is 0. The molecule has 2 aliphatic heterocycles. The average Bonchev–Trinajstić information content (AvgIpc) is 2.52. The van der Waals surface area contributed by atoms with Gasteiger partial charge in [-0.15, -0.1) is 0 Å². The normalized spacial score (nSPS) is 27.3. The molecule has 1 saturated heterocycles. The van der Waals surface area contributed by atoms with Crippen LogP contribution in [0.2, 0.25) is 0 Å². The summed E-state index contributed by atoms with van der Waals surface area (Å²) in [6.07, 6.45) is 1.29. The first-order chi connectivity index (χ1) is 10.5. The summed E-state index contributed by atoms with van der Waals surface area (Å²) < 4.78 is 5.73. The molecule has 4 nitrogen and oxygen atoms in total. The maximum absolute atomic E-state index is 12.8. The molecule has 0 radical (unpaired) electrons. The number of carbonyl (C=O) groups is 1. The topological polar surface area (TPSA) is 32.8 Å². The molecule has 2 heterocycles. The number of amides is 1. The Morgan fingerprint density at radius 1 is 1.18 bits per heavy atom. The van der Waals surface area contributed by atoms with Crippen LogP contribution >= 0.6 is 0 Å². The van der Waals surface area contributed by atoms with E-state index in [0.29, 0.717) is 13.1 Å². The van der Waals surface area contributed by atoms with Crippen LogP contribution in [-0.2, 0) is 22.5 Å². The van der Waals surface area contributed by atoms with Gasteiger partial charge in [0.05, 0.1) is 18.2 Å². The van der Waals surface area contributed by atoms with Crippen molar-refractivity contribution in [1.82, 2.24) is 9.80 Å². The van der Waals surface area contributed by atoms with E-state index >= 15 is 0 Å². The Morgan fingerprint density at radius 3 is 2.50 bits per heavy atom. The molecular formula is C18H26N2O2. The molecule has 0 aromatic heterocycles. The van der Waals surface area contributed by atoms with Crippen LogP contribution < -0.4 is 0 Å². The predicted octanol–water partition coefficient (Wildman–Crippen LogP) is 2.07. The van der Waals surface area contributed by atoms with Crippen molar-refractivity contribution in [2.75, 3.05) is 19.6 Å². The fourth-order valence-corrected chi connectivity index (χ4v) is 3.63. The minimum Gasteiger partial charge on any atom is -0.372 e. The summed E-state index contributed by atoms with van der Waals surface area (Å²) in [5.74, 6) is 0.237. The number of benzene rings is 1. The van der Waals surface area contributed by atoms with E-state index in [0.717, 1.165) is 19.5 Å². The molecule has 120 valence electrons. The maximum Gasteiger partial charge on any atom is 0.239 e. The Morgan fingerprint density at radius 2 is 1.82 bits per heavy atom. The largest absolute Gasteiger partial charge is 0.372 e. The van der Waals surface area contributed by atoms with Crippen molar-refractivity contribution < 1.29 is 9.53 Å². The number of morpholine rings is 1. The van der Waals surface area contributed by atoms with Gasteiger partial charge in [0.25, 0.3) is 0 Å². The fraction of sp³-hybridized carbons (Fsp3) is 0.611. The molecule has 0 spiro atoms. The minimum absolute atomic E-state index is 0.0640. The molecular weight excluding hydrogens is 276 g/mol. The van der Waals surface area contributed by atoms with Crippen LogP contribution in [0.5, 0.6) is 0 Å². The molecule has 3 rings (SSSR count). The molecule has 1 fully saturated rings. The lowest BCUT2D eigenvalue weighted by Crippen LogP contribution is -2.54. The quantitative estimate of drug-likeness (QED) is 0.838. The van der Waals surface area contributed by atoms with Crippen LogP contribution in [-0.4, -0.2) is 53.6 Å². The molecule has 0 N–H and O–H groups in total. The summed E-state index contributed by atoms with van der Waals surface area (Å²) in [4.78, 5) is 17.1. The lowest BCUT2D eigenvalue weighted by molar-refractivity contribution is -0.148. The lowest BCUT2D eigenvalue weighted by atomic mass is 9.98. The van der Waals surface area contributed by atoms with E-state index in [1.54, 1.807) is 0 Å². The molecule has 4 heteroatoms. The molecule has 2 aliphatic rings. The van der Waals surface area contributed by atoms with Gasteiger partial charge < -0.3 is 9.64 Å². The highest BCUT2D eigenvalue weighted by molar-refractivity contribution is 5.81. The van der Waals surface area contributed by atoms with Gasteiger partial charge in [0.1, 0.15) is 0 Å². The Kier molecular flexibility index (Phi) is 4.50. The van der Waals surface area contributed by atoms with E-state index in [9.17, 15) is 4.79 Å². The monoisotopic (exact) mass is 302 g/mol. The lowest BCUT2D eigenvalue weighted by Gasteiger charge is -2.40. The molecule has 1 amide bonds. The van der Waals surface area contributed by atoms with Crippen molar-refractivity contribution in [3.8, 4) is 0 Å². The van der Waals surface area contributed by atoms with Crippen molar-refractivity contribution in [2.45, 2.75) is 52.0 Å². The van der Waals surface area contributed by atoms with Crippen molar-refractivity contribution in [3.63, 3.8) is 0 Å². The van der Waals surface area contributed by atoms with Crippen LogP contribution in [0.25, 0.3) is 0 Å². The smallest absolute Gasteiger partial charge is 0.239 e. The highest BCUT2D eigenvalue weighted by Crippen LogP contribution is 2.22. The van der Waals surface area contributed by atoms with Crippen LogP contribution in [0.3, 0.4) is 0 Å². The summed E-state index contributed by atoms with van der Waals surface area (Å²) in [6, 6.07) is 8.49. The van der Waals surface area contributed by atoms with Gasteiger partial charge in [0.15, 0.2) is 0 Å². The van der Waals surface area contributed by atoms with Gasteiger partial charge in [0.2, 0.25) is 5.91 Å². The van der Waals surface area contributed by atoms with Gasteiger partial charge in [0, 0.05) is 26.2 Å². The van der Waals surface area contributed by atoms with E-state index in [1.807, 2.05) is 25.7 Å². The maximum atomic E-state index is 12.8. The van der Waals surface area contributed by atoms with E-state index < -0.39 is 0 Å². The Bertz CT molecular complexity index is 536. The van der Waals surface area contributed by atoms with E-state index in [1.165, 1.54) is 11.1 Å². The first-order valence-corrected chi connectivity index (χ1v) is 8.29. The van der Waals surface area contributed by atoms with Crippen molar-refractivity contribution in [2.24, 2.45) is 0 Å². The second kappa shape index (κ2) is 6.39. The third-order valence-corrected chi connectivity index (χ3v) is 4.80. The molecule has 0 unspecified atom stereocenters. The summed E-state index contributed by atoms with van der Waals surface area (Å²) in [6.45, 7) is 9.37. The van der Waals surface area contributed by atoms with Gasteiger partial charge in [-0.2, -0.15) is 0 Å². The Balaban J connectivity index is 1.66. The van der Waals surface area contributed by atoms with Crippen molar-refractivity contribution in [3.05, 3.63) is 35.4 Å². The van der Waals surface area contributed by atoms with Crippen LogP contribution in [0.1, 0.15) is 31.9 Å². The number of ether oxygens (including phenoxy) is 1. The number of carbonyl (C=O) groups excluding carboxylic acids is 1. The standard InChI is InChI=1S/C18H26N2O2/c1-13-10-20(11-14(2)22-13)18(21)15(3)19-9-8-16-6-4-5-7-17(16)12-19/h4-7,13-15H,8-12H2,1-3H3/t13-,14-,15-/m1/s1. The number of hydrogen-bond donors (Lipinski definition) is 0. The zero-order valence-corrected chi connectivity index (χ0v) is 13.8. The van der Waals surface area contributed by atoms with Gasteiger partial charge in [-0.05, 0) is 38.3 Å². The highest BCUT2D eigenvalue weighted by atomic mass is 16.5. The first kappa shape index (κ1) is 15.5. The van der Waals surface area contributed by atoms with Crippen LogP contribution in [0, 0.1) is 0 Å². The first-order valence-electron chi connectivity index (χ1n) is 8.29. The number of nitrogens with zero attached hydrogens (tertiary/aromatic N) is 2. The second-order valence-corrected chi connectivity index (χ2v) is 6.67. The van der Waals surface area contributed by atoms with Gasteiger partial charge in [-0.1, -0.05) is 24.3 Å². The SMILES string of the molecule is C[C@@H]1CN(C(=O)[C@@H](C)N2CCc3ccccc3C2)C[C@@H](C)O1. The zero-order chi connectivity index (χ0) is 15.7. The van der Waals surface area contributed by atoms with E-state index in [2.05, 4.69) is 29.2 Å². The summed E-state index contributed by atoms with van der Waals surface area (Å²) >= 11 is 0. The average molecular weight is 302 g/mol. The van der Waals surface area contributed by atoms with Gasteiger partial charge in [-0.25, -0.2) is 0 Å². The molecule has 0 bridgehead atoms. The number of rotatable bonds is 2. The molecule has 0 saturated carbocycles. The second-order valence-electron chi connectivity index (χ2n) is 6.67. The zero-order valence-electron chi connectivity index (χ0n) is 13.8. The Hall–Kier alpha value is -1.39. The number of hydrogen-bond acceptors (Lipinski definition) is 3. The molecule has 22 heavy (non-hydrogen) atoms. The predicted molar refractivity (Wildman–Crippen MR) is 86.6 cm³/mol. The molecule has 0 aliphatic carbocycles. The van der Waals surface area contributed by atoms with Crippen LogP contribution in [0.4, 0.5) is 0 Å². The fourth-order valence-electron chi connectivity index (χ4n) is 3.63. The van der Waals surface area contributed by atoms with Crippen molar-refractivity contribution >= 4 is 5.91 Å². The third-order valence-electron chi connectivity index (χ3n) is 4.80. The van der Waals surface area contributed by atoms with Crippen LogP contribution in [0.15, 0.2) is 24.3 Å². The van der Waals surface area contributed by atoms with Gasteiger partial charge in [-0.3, -0.25) is 9.69 Å².